The van der Waals surface area contributed by atoms with Gasteiger partial charge in [-0.15, -0.1) is 0 Å². The summed E-state index contributed by atoms with van der Waals surface area (Å²) in [5, 5.41) is 9.19. The zero-order valence-electron chi connectivity index (χ0n) is 10.8. The number of aromatic nitrogens is 2. The standard InChI is InChI=1S/C11H17N3O5S/c15-6-8-3-1-2-7(8)4-13-20(18,19)9-5-12-11(17)14-10(9)16/h5,7-8,13,15H,1-4,6H2,(H2,12,14,16,17). The average Bonchev–Trinajstić information content (AvgIpc) is 2.83. The molecule has 1 saturated carbocycles. The first-order valence-corrected chi connectivity index (χ1v) is 7.85. The lowest BCUT2D eigenvalue weighted by Gasteiger charge is -2.17. The van der Waals surface area contributed by atoms with Crippen LogP contribution in [0.15, 0.2) is 20.7 Å². The molecule has 20 heavy (non-hydrogen) atoms. The third-order valence-corrected chi connectivity index (χ3v) is 5.09. The largest absolute Gasteiger partial charge is 0.396 e. The highest BCUT2D eigenvalue weighted by Gasteiger charge is 2.28. The maximum Gasteiger partial charge on any atom is 0.325 e. The second-order valence-electron chi connectivity index (χ2n) is 4.92. The van der Waals surface area contributed by atoms with Crippen LogP contribution in [0.4, 0.5) is 0 Å². The summed E-state index contributed by atoms with van der Waals surface area (Å²) in [5.41, 5.74) is -1.71. The molecule has 2 atom stereocenters. The number of aromatic amines is 2. The maximum absolute atomic E-state index is 12.0. The van der Waals surface area contributed by atoms with Crippen molar-refractivity contribution in [1.82, 2.24) is 14.7 Å². The van der Waals surface area contributed by atoms with Crippen LogP contribution in [0.5, 0.6) is 0 Å². The predicted molar refractivity (Wildman–Crippen MR) is 70.8 cm³/mol. The number of hydrogen-bond donors (Lipinski definition) is 4. The lowest BCUT2D eigenvalue weighted by atomic mass is 9.97. The summed E-state index contributed by atoms with van der Waals surface area (Å²) in [7, 11) is -3.97. The van der Waals surface area contributed by atoms with Gasteiger partial charge in [0.2, 0.25) is 10.0 Å². The molecule has 1 aliphatic carbocycles. The van der Waals surface area contributed by atoms with Crippen molar-refractivity contribution in [3.05, 3.63) is 27.0 Å². The zero-order chi connectivity index (χ0) is 14.8. The molecule has 0 aliphatic heterocycles. The van der Waals surface area contributed by atoms with Gasteiger partial charge in [0.25, 0.3) is 5.56 Å². The van der Waals surface area contributed by atoms with Crippen molar-refractivity contribution in [3.8, 4) is 0 Å². The monoisotopic (exact) mass is 303 g/mol. The molecule has 0 amide bonds. The zero-order valence-corrected chi connectivity index (χ0v) is 11.6. The van der Waals surface area contributed by atoms with Gasteiger partial charge in [0.05, 0.1) is 0 Å². The summed E-state index contributed by atoms with van der Waals surface area (Å²) in [6.07, 6.45) is 3.55. The first kappa shape index (κ1) is 14.9. The molecule has 0 radical (unpaired) electrons. The van der Waals surface area contributed by atoms with Gasteiger partial charge in [0.1, 0.15) is 0 Å². The molecule has 9 heteroatoms. The SMILES string of the molecule is O=c1[nH]cc(S(=O)(=O)NCC2CCCC2CO)c(=O)[nH]1. The van der Waals surface area contributed by atoms with Crippen LogP contribution in [-0.2, 0) is 10.0 Å². The summed E-state index contributed by atoms with van der Waals surface area (Å²) < 4.78 is 26.4. The number of nitrogens with one attached hydrogen (secondary N) is 3. The summed E-state index contributed by atoms with van der Waals surface area (Å²) in [6, 6.07) is 0. The van der Waals surface area contributed by atoms with E-state index in [-0.39, 0.29) is 25.0 Å². The fraction of sp³-hybridized carbons (Fsp3) is 0.636. The van der Waals surface area contributed by atoms with Gasteiger partial charge in [0, 0.05) is 19.3 Å². The van der Waals surface area contributed by atoms with Crippen molar-refractivity contribution >= 4 is 10.0 Å². The van der Waals surface area contributed by atoms with Crippen LogP contribution in [0, 0.1) is 11.8 Å². The van der Waals surface area contributed by atoms with Gasteiger partial charge in [-0.05, 0) is 24.7 Å². The van der Waals surface area contributed by atoms with E-state index >= 15 is 0 Å². The lowest BCUT2D eigenvalue weighted by molar-refractivity contribution is 0.195. The number of hydrogen-bond acceptors (Lipinski definition) is 5. The topological polar surface area (TPSA) is 132 Å². The molecule has 2 unspecified atom stereocenters. The van der Waals surface area contributed by atoms with Gasteiger partial charge < -0.3 is 10.1 Å². The Bertz CT molecular complexity index is 678. The molecule has 0 spiro atoms. The van der Waals surface area contributed by atoms with E-state index in [1.807, 2.05) is 4.98 Å². The van der Waals surface area contributed by atoms with E-state index in [4.69, 9.17) is 0 Å². The highest BCUT2D eigenvalue weighted by Crippen LogP contribution is 2.30. The number of aliphatic hydroxyl groups excluding tert-OH is 1. The molecule has 1 heterocycles. The quantitative estimate of drug-likeness (QED) is 0.539. The molecule has 0 bridgehead atoms. The van der Waals surface area contributed by atoms with Crippen LogP contribution in [0.3, 0.4) is 0 Å². The van der Waals surface area contributed by atoms with Crippen LogP contribution >= 0.6 is 0 Å². The molecule has 0 aromatic carbocycles. The summed E-state index contributed by atoms with van der Waals surface area (Å²) in [5.74, 6) is 0.156. The molecular formula is C11H17N3O5S. The number of aliphatic hydroxyl groups is 1. The van der Waals surface area contributed by atoms with Gasteiger partial charge in [-0.25, -0.2) is 17.9 Å². The molecular weight excluding hydrogens is 286 g/mol. The fourth-order valence-electron chi connectivity index (χ4n) is 2.51. The van der Waals surface area contributed by atoms with Crippen molar-refractivity contribution in [2.45, 2.75) is 24.2 Å². The first-order valence-electron chi connectivity index (χ1n) is 6.36. The number of H-pyrrole nitrogens is 2. The van der Waals surface area contributed by atoms with E-state index in [0.717, 1.165) is 25.5 Å². The van der Waals surface area contributed by atoms with Gasteiger partial charge in [-0.2, -0.15) is 0 Å². The summed E-state index contributed by atoms with van der Waals surface area (Å²) in [4.78, 5) is 25.8. The minimum atomic E-state index is -3.97. The van der Waals surface area contributed by atoms with E-state index in [1.54, 1.807) is 0 Å². The highest BCUT2D eigenvalue weighted by atomic mass is 32.2. The Labute approximate surface area is 115 Å². The van der Waals surface area contributed by atoms with E-state index in [9.17, 15) is 23.1 Å². The summed E-state index contributed by atoms with van der Waals surface area (Å²) >= 11 is 0. The molecule has 4 N–H and O–H groups in total. The third kappa shape index (κ3) is 3.17. The van der Waals surface area contributed by atoms with Gasteiger partial charge in [-0.1, -0.05) is 6.42 Å². The van der Waals surface area contributed by atoms with Crippen molar-refractivity contribution in [1.29, 1.82) is 0 Å². The van der Waals surface area contributed by atoms with Crippen LogP contribution in [0.1, 0.15) is 19.3 Å². The second-order valence-corrected chi connectivity index (χ2v) is 6.66. The van der Waals surface area contributed by atoms with Crippen LogP contribution < -0.4 is 16.0 Å². The Kier molecular flexibility index (Phi) is 4.41. The second kappa shape index (κ2) is 5.90. The normalized spacial score (nSPS) is 23.1. The Morgan fingerprint density at radius 2 is 2.00 bits per heavy atom. The van der Waals surface area contributed by atoms with Crippen LogP contribution in [0.2, 0.25) is 0 Å². The molecule has 112 valence electrons. The van der Waals surface area contributed by atoms with Gasteiger partial charge >= 0.3 is 5.69 Å². The fourth-order valence-corrected chi connectivity index (χ4v) is 3.61. The lowest BCUT2D eigenvalue weighted by Crippen LogP contribution is -2.36. The molecule has 1 fully saturated rings. The maximum atomic E-state index is 12.0. The van der Waals surface area contributed by atoms with E-state index in [1.165, 1.54) is 0 Å². The number of sulfonamides is 1. The van der Waals surface area contributed by atoms with E-state index in [0.29, 0.717) is 0 Å². The molecule has 1 aromatic rings. The molecule has 1 aliphatic rings. The molecule has 0 saturated heterocycles. The van der Waals surface area contributed by atoms with E-state index in [2.05, 4.69) is 9.71 Å². The molecule has 1 aromatic heterocycles. The minimum Gasteiger partial charge on any atom is -0.396 e. The van der Waals surface area contributed by atoms with Crippen molar-refractivity contribution in [3.63, 3.8) is 0 Å². The Morgan fingerprint density at radius 3 is 2.65 bits per heavy atom. The number of rotatable bonds is 5. The predicted octanol–water partition coefficient (Wildman–Crippen LogP) is -1.25. The van der Waals surface area contributed by atoms with E-state index < -0.39 is 26.2 Å². The Balaban J connectivity index is 2.11. The van der Waals surface area contributed by atoms with Crippen LogP contribution in [0.25, 0.3) is 0 Å². The smallest absolute Gasteiger partial charge is 0.325 e. The molecule has 2 rings (SSSR count). The van der Waals surface area contributed by atoms with Crippen molar-refractivity contribution < 1.29 is 13.5 Å². The minimum absolute atomic E-state index is 0.0334. The Hall–Kier alpha value is -1.45. The van der Waals surface area contributed by atoms with Gasteiger partial charge in [-0.3, -0.25) is 9.78 Å². The first-order chi connectivity index (χ1) is 9.44. The van der Waals surface area contributed by atoms with Crippen molar-refractivity contribution in [2.24, 2.45) is 11.8 Å². The van der Waals surface area contributed by atoms with Crippen molar-refractivity contribution in [2.75, 3.05) is 13.2 Å². The average molecular weight is 303 g/mol. The highest BCUT2D eigenvalue weighted by molar-refractivity contribution is 7.89. The summed E-state index contributed by atoms with van der Waals surface area (Å²) in [6.45, 7) is 0.206. The van der Waals surface area contributed by atoms with Gasteiger partial charge in [0.15, 0.2) is 4.90 Å². The van der Waals surface area contributed by atoms with Crippen LogP contribution in [-0.4, -0.2) is 36.6 Å². The molecule has 8 nitrogen and oxygen atoms in total. The third-order valence-electron chi connectivity index (χ3n) is 3.66. The Morgan fingerprint density at radius 1 is 1.30 bits per heavy atom.